The highest BCUT2D eigenvalue weighted by atomic mass is 16.5. The molecule has 76 valence electrons. The Hall–Kier alpha value is -1.36. The average molecular weight is 195 g/mol. The van der Waals surface area contributed by atoms with Gasteiger partial charge in [0.1, 0.15) is 0 Å². The second-order valence-electron chi connectivity index (χ2n) is 3.03. The molecule has 1 aliphatic heterocycles. The molecule has 0 bridgehead atoms. The van der Waals surface area contributed by atoms with E-state index >= 15 is 0 Å². The van der Waals surface area contributed by atoms with E-state index in [1.807, 2.05) is 12.1 Å². The summed E-state index contributed by atoms with van der Waals surface area (Å²) in [5, 5.41) is 7.99. The van der Waals surface area contributed by atoms with Crippen molar-refractivity contribution in [3.05, 3.63) is 12.1 Å². The molecular weight excluding hydrogens is 182 g/mol. The first-order valence-electron chi connectivity index (χ1n) is 4.60. The van der Waals surface area contributed by atoms with Crippen molar-refractivity contribution in [2.75, 3.05) is 38.3 Å². The summed E-state index contributed by atoms with van der Waals surface area (Å²) in [6.07, 6.45) is 0. The van der Waals surface area contributed by atoms with Crippen molar-refractivity contribution in [1.82, 2.24) is 10.2 Å². The smallest absolute Gasteiger partial charge is 0.233 e. The molecule has 1 saturated heterocycles. The number of morpholine rings is 1. The van der Waals surface area contributed by atoms with Crippen LogP contribution in [0.2, 0.25) is 0 Å². The molecule has 0 unspecified atom stereocenters. The van der Waals surface area contributed by atoms with Crippen LogP contribution in [0.5, 0.6) is 5.88 Å². The minimum Gasteiger partial charge on any atom is -0.480 e. The van der Waals surface area contributed by atoms with Crippen molar-refractivity contribution in [2.45, 2.75) is 0 Å². The molecule has 2 rings (SSSR count). The Morgan fingerprint density at radius 3 is 2.64 bits per heavy atom. The standard InChI is InChI=1S/C9H13N3O2/c1-13-9-3-2-8(10-11-9)12-4-6-14-7-5-12/h2-3H,4-7H2,1H3. The van der Waals surface area contributed by atoms with Gasteiger partial charge >= 0.3 is 0 Å². The zero-order chi connectivity index (χ0) is 9.80. The Kier molecular flexibility index (Phi) is 2.78. The van der Waals surface area contributed by atoms with Crippen molar-refractivity contribution in [3.63, 3.8) is 0 Å². The van der Waals surface area contributed by atoms with E-state index in [1.165, 1.54) is 0 Å². The summed E-state index contributed by atoms with van der Waals surface area (Å²) >= 11 is 0. The number of hydrogen-bond donors (Lipinski definition) is 0. The van der Waals surface area contributed by atoms with Gasteiger partial charge in [-0.15, -0.1) is 10.2 Å². The van der Waals surface area contributed by atoms with Gasteiger partial charge < -0.3 is 14.4 Å². The summed E-state index contributed by atoms with van der Waals surface area (Å²) in [6, 6.07) is 3.73. The van der Waals surface area contributed by atoms with Crippen LogP contribution >= 0.6 is 0 Å². The van der Waals surface area contributed by atoms with Crippen molar-refractivity contribution < 1.29 is 9.47 Å². The molecule has 1 aromatic heterocycles. The normalized spacial score (nSPS) is 16.8. The van der Waals surface area contributed by atoms with Gasteiger partial charge in [-0.3, -0.25) is 0 Å². The summed E-state index contributed by atoms with van der Waals surface area (Å²) in [5.41, 5.74) is 0. The summed E-state index contributed by atoms with van der Waals surface area (Å²) in [7, 11) is 1.58. The van der Waals surface area contributed by atoms with Crippen molar-refractivity contribution in [2.24, 2.45) is 0 Å². The zero-order valence-corrected chi connectivity index (χ0v) is 8.14. The lowest BCUT2D eigenvalue weighted by Gasteiger charge is -2.27. The van der Waals surface area contributed by atoms with Crippen LogP contribution in [0, 0.1) is 0 Å². The van der Waals surface area contributed by atoms with Gasteiger partial charge in [0.2, 0.25) is 5.88 Å². The van der Waals surface area contributed by atoms with E-state index in [2.05, 4.69) is 15.1 Å². The van der Waals surface area contributed by atoms with Crippen molar-refractivity contribution >= 4 is 5.82 Å². The summed E-state index contributed by atoms with van der Waals surface area (Å²) in [6.45, 7) is 3.27. The third-order valence-corrected chi connectivity index (χ3v) is 2.17. The quantitative estimate of drug-likeness (QED) is 0.680. The molecule has 5 heteroatoms. The van der Waals surface area contributed by atoms with Gasteiger partial charge in [0.15, 0.2) is 5.82 Å². The lowest BCUT2D eigenvalue weighted by atomic mass is 10.4. The van der Waals surface area contributed by atoms with Gasteiger partial charge in [-0.1, -0.05) is 0 Å². The first kappa shape index (κ1) is 9.21. The van der Waals surface area contributed by atoms with Gasteiger partial charge in [0, 0.05) is 19.2 Å². The van der Waals surface area contributed by atoms with Crippen LogP contribution in [-0.4, -0.2) is 43.6 Å². The third-order valence-electron chi connectivity index (χ3n) is 2.17. The minimum absolute atomic E-state index is 0.544. The number of ether oxygens (including phenoxy) is 2. The van der Waals surface area contributed by atoms with E-state index in [9.17, 15) is 0 Å². The highest BCUT2D eigenvalue weighted by Gasteiger charge is 2.12. The molecule has 0 atom stereocenters. The molecule has 0 spiro atoms. The van der Waals surface area contributed by atoms with Crippen LogP contribution in [0.4, 0.5) is 5.82 Å². The van der Waals surface area contributed by atoms with E-state index in [0.29, 0.717) is 5.88 Å². The van der Waals surface area contributed by atoms with Gasteiger partial charge in [-0.25, -0.2) is 0 Å². The second kappa shape index (κ2) is 4.23. The second-order valence-corrected chi connectivity index (χ2v) is 3.03. The molecule has 0 aromatic carbocycles. The first-order chi connectivity index (χ1) is 6.90. The molecule has 0 N–H and O–H groups in total. The van der Waals surface area contributed by atoms with E-state index < -0.39 is 0 Å². The van der Waals surface area contributed by atoms with Gasteiger partial charge in [0.25, 0.3) is 0 Å². The number of hydrogen-bond acceptors (Lipinski definition) is 5. The SMILES string of the molecule is COc1ccc(N2CCOCC2)nn1. The number of methoxy groups -OCH3 is 1. The predicted molar refractivity (Wildman–Crippen MR) is 51.6 cm³/mol. The Labute approximate surface area is 82.6 Å². The first-order valence-corrected chi connectivity index (χ1v) is 4.60. The van der Waals surface area contributed by atoms with Gasteiger partial charge in [-0.2, -0.15) is 0 Å². The van der Waals surface area contributed by atoms with Gasteiger partial charge in [-0.05, 0) is 6.07 Å². The summed E-state index contributed by atoms with van der Waals surface area (Å²) < 4.78 is 10.2. The molecule has 0 amide bonds. The molecule has 14 heavy (non-hydrogen) atoms. The van der Waals surface area contributed by atoms with Crippen LogP contribution in [-0.2, 0) is 4.74 Å². The zero-order valence-electron chi connectivity index (χ0n) is 8.14. The highest BCUT2D eigenvalue weighted by molar-refractivity contribution is 5.38. The molecule has 0 aliphatic carbocycles. The number of rotatable bonds is 2. The number of anilines is 1. The van der Waals surface area contributed by atoms with Crippen molar-refractivity contribution in [1.29, 1.82) is 0 Å². The van der Waals surface area contributed by atoms with Gasteiger partial charge in [0.05, 0.1) is 20.3 Å². The lowest BCUT2D eigenvalue weighted by molar-refractivity contribution is 0.122. The lowest BCUT2D eigenvalue weighted by Crippen LogP contribution is -2.36. The molecule has 0 radical (unpaired) electrons. The molecule has 2 heterocycles. The van der Waals surface area contributed by atoms with E-state index in [0.717, 1.165) is 32.1 Å². The Morgan fingerprint density at radius 1 is 1.29 bits per heavy atom. The van der Waals surface area contributed by atoms with E-state index in [4.69, 9.17) is 9.47 Å². The Balaban J connectivity index is 2.07. The van der Waals surface area contributed by atoms with Crippen LogP contribution < -0.4 is 9.64 Å². The predicted octanol–water partition coefficient (Wildman–Crippen LogP) is 0.322. The Bertz CT molecular complexity index is 283. The average Bonchev–Trinajstić information content (AvgIpc) is 2.30. The topological polar surface area (TPSA) is 47.5 Å². The fraction of sp³-hybridized carbons (Fsp3) is 0.556. The van der Waals surface area contributed by atoms with Crippen LogP contribution in [0.15, 0.2) is 12.1 Å². The van der Waals surface area contributed by atoms with Crippen LogP contribution in [0.1, 0.15) is 0 Å². The Morgan fingerprint density at radius 2 is 2.07 bits per heavy atom. The maximum Gasteiger partial charge on any atom is 0.233 e. The largest absolute Gasteiger partial charge is 0.480 e. The molecule has 1 aliphatic rings. The minimum atomic E-state index is 0.544. The van der Waals surface area contributed by atoms with Crippen LogP contribution in [0.25, 0.3) is 0 Å². The maximum atomic E-state index is 5.25. The monoisotopic (exact) mass is 195 g/mol. The molecule has 5 nitrogen and oxygen atoms in total. The number of aromatic nitrogens is 2. The van der Waals surface area contributed by atoms with E-state index in [-0.39, 0.29) is 0 Å². The fourth-order valence-corrected chi connectivity index (χ4v) is 1.38. The highest BCUT2D eigenvalue weighted by Crippen LogP contribution is 2.13. The summed E-state index contributed by atoms with van der Waals surface area (Å²) in [5.74, 6) is 1.43. The van der Waals surface area contributed by atoms with E-state index in [1.54, 1.807) is 7.11 Å². The summed E-state index contributed by atoms with van der Waals surface area (Å²) in [4.78, 5) is 2.15. The molecule has 1 aromatic rings. The third kappa shape index (κ3) is 1.93. The van der Waals surface area contributed by atoms with Crippen LogP contribution in [0.3, 0.4) is 0 Å². The number of nitrogens with zero attached hydrogens (tertiary/aromatic N) is 3. The fourth-order valence-electron chi connectivity index (χ4n) is 1.38. The molecular formula is C9H13N3O2. The molecule has 0 saturated carbocycles. The van der Waals surface area contributed by atoms with Crippen molar-refractivity contribution in [3.8, 4) is 5.88 Å². The molecule has 1 fully saturated rings. The maximum absolute atomic E-state index is 5.25.